The minimum absolute atomic E-state index is 0.215. The number of hydrogen-bond donors (Lipinski definition) is 3. The van der Waals surface area contributed by atoms with Crippen molar-refractivity contribution >= 4 is 23.6 Å². The topological polar surface area (TPSA) is 97.9 Å². The lowest BCUT2D eigenvalue weighted by Gasteiger charge is -2.28. The van der Waals surface area contributed by atoms with Crippen LogP contribution in [0.4, 0.5) is 21.0 Å². The lowest BCUT2D eigenvalue weighted by molar-refractivity contribution is 0.0636. The van der Waals surface area contributed by atoms with E-state index in [0.717, 1.165) is 11.3 Å². The molecule has 3 rings (SSSR count). The Bertz CT molecular complexity index is 880. The third kappa shape index (κ3) is 6.58. The standard InChI is InChI=1S/C22H27N3O5/c1-22(2,3)30-21(27)25-16-9-10-19-18(11-16)23-12-17(29-19)13-24-20(26)28-14-15-7-5-4-6-8-15/h4-11,17,23H,12-14H2,1-3H3,(H,24,26)(H,25,27)/t17-/m1/s1. The van der Waals surface area contributed by atoms with Crippen LogP contribution in [0.15, 0.2) is 48.5 Å². The summed E-state index contributed by atoms with van der Waals surface area (Å²) in [6, 6.07) is 14.7. The molecular weight excluding hydrogens is 386 g/mol. The summed E-state index contributed by atoms with van der Waals surface area (Å²) >= 11 is 0. The minimum atomic E-state index is -0.567. The van der Waals surface area contributed by atoms with Gasteiger partial charge in [-0.05, 0) is 44.5 Å². The van der Waals surface area contributed by atoms with Crippen molar-refractivity contribution < 1.29 is 23.8 Å². The van der Waals surface area contributed by atoms with Gasteiger partial charge in [0.2, 0.25) is 0 Å². The Hall–Kier alpha value is -3.42. The van der Waals surface area contributed by atoms with Gasteiger partial charge in [-0.15, -0.1) is 0 Å². The summed E-state index contributed by atoms with van der Waals surface area (Å²) in [5.74, 6) is 0.639. The highest BCUT2D eigenvalue weighted by atomic mass is 16.6. The van der Waals surface area contributed by atoms with Gasteiger partial charge in [-0.2, -0.15) is 0 Å². The highest BCUT2D eigenvalue weighted by Gasteiger charge is 2.21. The van der Waals surface area contributed by atoms with Crippen LogP contribution in [-0.2, 0) is 16.1 Å². The number of anilines is 2. The number of carbonyl (C=O) groups is 2. The zero-order valence-corrected chi connectivity index (χ0v) is 17.4. The second kappa shape index (κ2) is 9.39. The van der Waals surface area contributed by atoms with Gasteiger partial charge in [-0.3, -0.25) is 5.32 Å². The maximum atomic E-state index is 11.9. The van der Waals surface area contributed by atoms with Crippen molar-refractivity contribution in [3.63, 3.8) is 0 Å². The van der Waals surface area contributed by atoms with Gasteiger partial charge in [-0.1, -0.05) is 30.3 Å². The van der Waals surface area contributed by atoms with E-state index < -0.39 is 17.8 Å². The van der Waals surface area contributed by atoms with Crippen LogP contribution >= 0.6 is 0 Å². The molecule has 0 spiro atoms. The summed E-state index contributed by atoms with van der Waals surface area (Å²) in [7, 11) is 0. The van der Waals surface area contributed by atoms with E-state index in [0.29, 0.717) is 24.5 Å². The third-order valence-electron chi connectivity index (χ3n) is 4.13. The molecule has 8 heteroatoms. The molecular formula is C22H27N3O5. The van der Waals surface area contributed by atoms with Gasteiger partial charge in [0.1, 0.15) is 24.1 Å². The van der Waals surface area contributed by atoms with Gasteiger partial charge >= 0.3 is 12.2 Å². The number of nitrogens with one attached hydrogen (secondary N) is 3. The Morgan fingerprint density at radius 3 is 2.63 bits per heavy atom. The van der Waals surface area contributed by atoms with Crippen molar-refractivity contribution in [2.24, 2.45) is 0 Å². The second-order valence-electron chi connectivity index (χ2n) is 7.90. The fourth-order valence-electron chi connectivity index (χ4n) is 2.80. The van der Waals surface area contributed by atoms with Crippen LogP contribution in [0.1, 0.15) is 26.3 Å². The monoisotopic (exact) mass is 413 g/mol. The largest absolute Gasteiger partial charge is 0.485 e. The predicted octanol–water partition coefficient (Wildman–Crippen LogP) is 4.13. The average Bonchev–Trinajstić information content (AvgIpc) is 2.70. The molecule has 0 unspecified atom stereocenters. The molecule has 8 nitrogen and oxygen atoms in total. The third-order valence-corrected chi connectivity index (χ3v) is 4.13. The van der Waals surface area contributed by atoms with Crippen molar-refractivity contribution in [3.05, 3.63) is 54.1 Å². The molecule has 1 aliphatic rings. The van der Waals surface area contributed by atoms with Crippen LogP contribution in [0, 0.1) is 0 Å². The molecule has 1 atom stereocenters. The van der Waals surface area contributed by atoms with E-state index in [1.165, 1.54) is 0 Å². The number of benzene rings is 2. The zero-order chi connectivity index (χ0) is 21.6. The maximum absolute atomic E-state index is 11.9. The van der Waals surface area contributed by atoms with Crippen LogP contribution in [0.25, 0.3) is 0 Å². The van der Waals surface area contributed by atoms with Gasteiger partial charge in [0, 0.05) is 5.69 Å². The highest BCUT2D eigenvalue weighted by Crippen LogP contribution is 2.31. The lowest BCUT2D eigenvalue weighted by Crippen LogP contribution is -2.41. The molecule has 0 radical (unpaired) electrons. The molecule has 0 bridgehead atoms. The van der Waals surface area contributed by atoms with Crippen molar-refractivity contribution in [2.75, 3.05) is 23.7 Å². The molecule has 0 aliphatic carbocycles. The first-order valence-corrected chi connectivity index (χ1v) is 9.77. The van der Waals surface area contributed by atoms with Crippen LogP contribution < -0.4 is 20.7 Å². The van der Waals surface area contributed by atoms with Gasteiger partial charge < -0.3 is 24.8 Å². The van der Waals surface area contributed by atoms with Gasteiger partial charge in [-0.25, -0.2) is 9.59 Å². The van der Waals surface area contributed by atoms with Crippen molar-refractivity contribution in [3.8, 4) is 5.75 Å². The Kier molecular flexibility index (Phi) is 6.66. The summed E-state index contributed by atoms with van der Waals surface area (Å²) in [5, 5.41) is 8.66. The van der Waals surface area contributed by atoms with Crippen LogP contribution in [0.5, 0.6) is 5.75 Å². The lowest BCUT2D eigenvalue weighted by atomic mass is 10.2. The van der Waals surface area contributed by atoms with E-state index >= 15 is 0 Å². The molecule has 2 aromatic rings. The number of alkyl carbamates (subject to hydrolysis) is 1. The number of rotatable bonds is 5. The van der Waals surface area contributed by atoms with Crippen LogP contribution in [0.3, 0.4) is 0 Å². The molecule has 2 amide bonds. The molecule has 160 valence electrons. The van der Waals surface area contributed by atoms with Crippen molar-refractivity contribution in [2.45, 2.75) is 39.1 Å². The zero-order valence-electron chi connectivity index (χ0n) is 17.4. The van der Waals surface area contributed by atoms with E-state index in [-0.39, 0.29) is 12.7 Å². The summed E-state index contributed by atoms with van der Waals surface area (Å²) in [6.45, 7) is 6.44. The molecule has 0 fully saturated rings. The predicted molar refractivity (Wildman–Crippen MR) is 114 cm³/mol. The Morgan fingerprint density at radius 1 is 1.13 bits per heavy atom. The van der Waals surface area contributed by atoms with E-state index in [1.54, 1.807) is 39.0 Å². The quantitative estimate of drug-likeness (QED) is 0.682. The maximum Gasteiger partial charge on any atom is 0.412 e. The second-order valence-corrected chi connectivity index (χ2v) is 7.90. The number of hydrogen-bond acceptors (Lipinski definition) is 6. The highest BCUT2D eigenvalue weighted by molar-refractivity contribution is 5.86. The first-order chi connectivity index (χ1) is 14.3. The SMILES string of the molecule is CC(C)(C)OC(=O)Nc1ccc2c(c1)NC[C@H](CNC(=O)OCc1ccccc1)O2. The van der Waals surface area contributed by atoms with Gasteiger partial charge in [0.15, 0.2) is 0 Å². The van der Waals surface area contributed by atoms with E-state index in [4.69, 9.17) is 14.2 Å². The molecule has 1 heterocycles. The first kappa shape index (κ1) is 21.3. The fourth-order valence-corrected chi connectivity index (χ4v) is 2.80. The van der Waals surface area contributed by atoms with Crippen molar-refractivity contribution in [1.82, 2.24) is 5.32 Å². The Balaban J connectivity index is 1.45. The molecule has 1 aliphatic heterocycles. The summed E-state index contributed by atoms with van der Waals surface area (Å²) in [4.78, 5) is 23.8. The average molecular weight is 413 g/mol. The molecule has 0 aromatic heterocycles. The van der Waals surface area contributed by atoms with E-state index in [1.807, 2.05) is 30.3 Å². The van der Waals surface area contributed by atoms with E-state index in [2.05, 4.69) is 16.0 Å². The molecule has 30 heavy (non-hydrogen) atoms. The normalized spacial score (nSPS) is 15.1. The van der Waals surface area contributed by atoms with Gasteiger partial charge in [0.25, 0.3) is 0 Å². The Labute approximate surface area is 175 Å². The minimum Gasteiger partial charge on any atom is -0.485 e. The first-order valence-electron chi connectivity index (χ1n) is 9.77. The smallest absolute Gasteiger partial charge is 0.412 e. The van der Waals surface area contributed by atoms with Gasteiger partial charge in [0.05, 0.1) is 18.8 Å². The molecule has 0 saturated heterocycles. The van der Waals surface area contributed by atoms with Crippen LogP contribution in [-0.4, -0.2) is 37.0 Å². The van der Waals surface area contributed by atoms with Crippen molar-refractivity contribution in [1.29, 1.82) is 0 Å². The number of amides is 2. The number of fused-ring (bicyclic) bond motifs is 1. The van der Waals surface area contributed by atoms with E-state index in [9.17, 15) is 9.59 Å². The van der Waals surface area contributed by atoms with Crippen LogP contribution in [0.2, 0.25) is 0 Å². The number of carbonyl (C=O) groups excluding carboxylic acids is 2. The fraction of sp³-hybridized carbons (Fsp3) is 0.364. The summed E-state index contributed by atoms with van der Waals surface area (Å²) in [6.07, 6.45) is -1.26. The molecule has 2 aromatic carbocycles. The Morgan fingerprint density at radius 2 is 1.90 bits per heavy atom. The number of ether oxygens (including phenoxy) is 3. The summed E-state index contributed by atoms with van der Waals surface area (Å²) < 4.78 is 16.4. The molecule has 0 saturated carbocycles. The summed E-state index contributed by atoms with van der Waals surface area (Å²) in [5.41, 5.74) is 1.71. The molecule has 3 N–H and O–H groups in total.